The number of hydrogen-bond acceptors (Lipinski definition) is 5. The number of halogens is 2. The zero-order chi connectivity index (χ0) is 23.3. The number of carboxylic acid groups (broad SMARTS) is 2. The molecule has 2 aromatic carbocycles. The molecule has 0 aromatic heterocycles. The van der Waals surface area contributed by atoms with Gasteiger partial charge in [0.25, 0.3) is 0 Å². The molecule has 32 heavy (non-hydrogen) atoms. The van der Waals surface area contributed by atoms with E-state index in [0.717, 1.165) is 42.5 Å². The van der Waals surface area contributed by atoms with Crippen LogP contribution in [0.3, 0.4) is 0 Å². The van der Waals surface area contributed by atoms with E-state index in [1.54, 1.807) is 23.9 Å². The molecule has 2 aliphatic rings. The Kier molecular flexibility index (Phi) is 8.31. The third-order valence-electron chi connectivity index (χ3n) is 5.34. The molecular formula is C23H24ClFN2O4S. The van der Waals surface area contributed by atoms with Crippen LogP contribution in [0.5, 0.6) is 0 Å². The molecule has 0 saturated carbocycles. The molecule has 0 spiro atoms. The fraction of sp³-hybridized carbons (Fsp3) is 0.304. The normalized spacial score (nSPS) is 18.8. The zero-order valence-electron chi connectivity index (χ0n) is 17.5. The summed E-state index contributed by atoms with van der Waals surface area (Å²) < 4.78 is 13.8. The summed E-state index contributed by atoms with van der Waals surface area (Å²) in [5.74, 6) is -2.68. The maximum atomic E-state index is 13.8. The average Bonchev–Trinajstić information content (AvgIpc) is 2.89. The fourth-order valence-corrected chi connectivity index (χ4v) is 5.05. The van der Waals surface area contributed by atoms with Gasteiger partial charge in [-0.1, -0.05) is 29.4 Å². The van der Waals surface area contributed by atoms with Gasteiger partial charge in [-0.25, -0.2) is 14.0 Å². The largest absolute Gasteiger partial charge is 0.478 e. The molecule has 1 unspecified atom stereocenters. The molecule has 0 bridgehead atoms. The van der Waals surface area contributed by atoms with Crippen molar-refractivity contribution < 1.29 is 24.2 Å². The van der Waals surface area contributed by atoms with E-state index in [1.807, 2.05) is 12.1 Å². The highest BCUT2D eigenvalue weighted by Crippen LogP contribution is 2.43. The number of carbonyl (C=O) groups is 2. The lowest BCUT2D eigenvalue weighted by Gasteiger charge is -2.38. The zero-order valence-corrected chi connectivity index (χ0v) is 19.1. The molecule has 170 valence electrons. The highest BCUT2D eigenvalue weighted by molar-refractivity contribution is 7.99. The van der Waals surface area contributed by atoms with E-state index >= 15 is 0 Å². The summed E-state index contributed by atoms with van der Waals surface area (Å²) >= 11 is 7.89. The third kappa shape index (κ3) is 6.56. The first kappa shape index (κ1) is 24.3. The Morgan fingerprint density at radius 1 is 1.03 bits per heavy atom. The molecule has 2 aromatic rings. The van der Waals surface area contributed by atoms with Crippen LogP contribution in [-0.2, 0) is 16.0 Å². The molecule has 0 aliphatic carbocycles. The van der Waals surface area contributed by atoms with Gasteiger partial charge in [-0.05, 0) is 54.9 Å². The minimum absolute atomic E-state index is 0.171. The van der Waals surface area contributed by atoms with Crippen molar-refractivity contribution in [3.63, 3.8) is 0 Å². The van der Waals surface area contributed by atoms with E-state index in [4.69, 9.17) is 21.8 Å². The molecule has 0 radical (unpaired) electrons. The third-order valence-corrected chi connectivity index (χ3v) is 6.76. The number of fused-ring (bicyclic) bond motifs is 2. The second-order valence-electron chi connectivity index (χ2n) is 7.61. The van der Waals surface area contributed by atoms with Gasteiger partial charge in [0.1, 0.15) is 5.82 Å². The van der Waals surface area contributed by atoms with Gasteiger partial charge in [-0.3, -0.25) is 4.90 Å². The van der Waals surface area contributed by atoms with Crippen molar-refractivity contribution in [1.82, 2.24) is 9.80 Å². The summed E-state index contributed by atoms with van der Waals surface area (Å²) in [6.45, 7) is 4.22. The summed E-state index contributed by atoms with van der Waals surface area (Å²) in [6.07, 6.45) is 2.04. The highest BCUT2D eigenvalue weighted by atomic mass is 35.5. The van der Waals surface area contributed by atoms with Crippen LogP contribution in [0.25, 0.3) is 0 Å². The van der Waals surface area contributed by atoms with Crippen LogP contribution in [0.4, 0.5) is 4.39 Å². The molecule has 1 fully saturated rings. The van der Waals surface area contributed by atoms with Crippen LogP contribution in [0.2, 0.25) is 5.02 Å². The SMILES string of the molecule is CN1CCN(C2Cc3cc(Cl)ccc3Sc3cc(F)ccc32)CC1.O=C(O)C=CC(=O)O. The van der Waals surface area contributed by atoms with E-state index in [0.29, 0.717) is 12.2 Å². The van der Waals surface area contributed by atoms with E-state index in [9.17, 15) is 14.0 Å². The molecule has 6 nitrogen and oxygen atoms in total. The van der Waals surface area contributed by atoms with Crippen LogP contribution in [0.1, 0.15) is 17.2 Å². The molecule has 2 heterocycles. The number of nitrogens with zero attached hydrogens (tertiary/aromatic N) is 2. The van der Waals surface area contributed by atoms with Crippen molar-refractivity contribution in [2.45, 2.75) is 22.3 Å². The van der Waals surface area contributed by atoms with Gasteiger partial charge in [0.15, 0.2) is 0 Å². The van der Waals surface area contributed by atoms with Crippen molar-refractivity contribution in [3.05, 3.63) is 70.5 Å². The van der Waals surface area contributed by atoms with Gasteiger partial charge in [0, 0.05) is 59.2 Å². The van der Waals surface area contributed by atoms with E-state index in [1.165, 1.54) is 16.0 Å². The van der Waals surface area contributed by atoms with Crippen molar-refractivity contribution in [1.29, 1.82) is 0 Å². The van der Waals surface area contributed by atoms with Gasteiger partial charge >= 0.3 is 11.9 Å². The Bertz CT molecular complexity index is 1010. The quantitative estimate of drug-likeness (QED) is 0.640. The topological polar surface area (TPSA) is 81.1 Å². The minimum atomic E-state index is -1.26. The summed E-state index contributed by atoms with van der Waals surface area (Å²) in [4.78, 5) is 26.2. The van der Waals surface area contributed by atoms with Gasteiger partial charge in [0.05, 0.1) is 0 Å². The standard InChI is InChI=1S/C19H20ClFN2S.C4H4O4/c1-22-6-8-23(9-7-22)17-11-13-10-14(20)2-5-18(13)24-19-12-15(21)3-4-16(17)19;5-3(6)1-2-4(7)8/h2-5,10,12,17H,6-9,11H2,1H3;1-2H,(H,5,6)(H,7,8). The fourth-order valence-electron chi connectivity index (χ4n) is 3.72. The summed E-state index contributed by atoms with van der Waals surface area (Å²) in [5.41, 5.74) is 2.49. The second kappa shape index (κ2) is 11.0. The van der Waals surface area contributed by atoms with Crippen molar-refractivity contribution in [3.8, 4) is 0 Å². The Hall–Kier alpha value is -2.39. The van der Waals surface area contributed by atoms with Crippen molar-refractivity contribution in [2.24, 2.45) is 0 Å². The lowest BCUT2D eigenvalue weighted by Crippen LogP contribution is -2.46. The van der Waals surface area contributed by atoms with Crippen molar-refractivity contribution in [2.75, 3.05) is 33.2 Å². The van der Waals surface area contributed by atoms with E-state index < -0.39 is 11.9 Å². The van der Waals surface area contributed by atoms with Gasteiger partial charge in [-0.15, -0.1) is 0 Å². The number of likely N-dealkylation sites (N-methyl/N-ethyl adjacent to an activating group) is 1. The predicted molar refractivity (Wildman–Crippen MR) is 122 cm³/mol. The average molecular weight is 479 g/mol. The highest BCUT2D eigenvalue weighted by Gasteiger charge is 2.29. The molecule has 1 atom stereocenters. The molecule has 1 saturated heterocycles. The Morgan fingerprint density at radius 3 is 2.31 bits per heavy atom. The van der Waals surface area contributed by atoms with Crippen LogP contribution in [-0.4, -0.2) is 65.2 Å². The monoisotopic (exact) mass is 478 g/mol. The van der Waals surface area contributed by atoms with Crippen LogP contribution in [0.15, 0.2) is 58.3 Å². The predicted octanol–water partition coefficient (Wildman–Crippen LogP) is 4.19. The summed E-state index contributed by atoms with van der Waals surface area (Å²) in [6, 6.07) is 11.6. The molecule has 4 rings (SSSR count). The number of piperazine rings is 1. The van der Waals surface area contributed by atoms with Gasteiger partial charge in [0.2, 0.25) is 0 Å². The first-order valence-corrected chi connectivity index (χ1v) is 11.2. The number of carboxylic acids is 2. The minimum Gasteiger partial charge on any atom is -0.478 e. The molecular weight excluding hydrogens is 455 g/mol. The number of rotatable bonds is 3. The lowest BCUT2D eigenvalue weighted by molar-refractivity contribution is -0.134. The smallest absolute Gasteiger partial charge is 0.328 e. The first-order chi connectivity index (χ1) is 15.2. The Morgan fingerprint density at radius 2 is 1.69 bits per heavy atom. The maximum absolute atomic E-state index is 13.8. The Labute approximate surface area is 195 Å². The maximum Gasteiger partial charge on any atom is 0.328 e. The summed E-state index contributed by atoms with van der Waals surface area (Å²) in [7, 11) is 2.17. The molecule has 0 amide bonds. The second-order valence-corrected chi connectivity index (χ2v) is 9.13. The molecule has 9 heteroatoms. The van der Waals surface area contributed by atoms with Crippen molar-refractivity contribution >= 4 is 35.3 Å². The van der Waals surface area contributed by atoms with Gasteiger partial charge in [-0.2, -0.15) is 0 Å². The number of hydrogen-bond donors (Lipinski definition) is 2. The van der Waals surface area contributed by atoms with Crippen LogP contribution in [0, 0.1) is 5.82 Å². The Balaban J connectivity index is 0.000000312. The number of aliphatic carboxylic acids is 2. The van der Waals surface area contributed by atoms with Crippen LogP contribution >= 0.6 is 23.4 Å². The van der Waals surface area contributed by atoms with Gasteiger partial charge < -0.3 is 15.1 Å². The van der Waals surface area contributed by atoms with E-state index in [2.05, 4.69) is 29.0 Å². The van der Waals surface area contributed by atoms with Crippen LogP contribution < -0.4 is 0 Å². The van der Waals surface area contributed by atoms with E-state index in [-0.39, 0.29) is 11.9 Å². The molecule has 2 aliphatic heterocycles. The summed E-state index contributed by atoms with van der Waals surface area (Å²) in [5, 5.41) is 16.4. The first-order valence-electron chi connectivity index (χ1n) is 10.0. The number of benzene rings is 2. The lowest BCUT2D eigenvalue weighted by atomic mass is 9.96. The molecule has 2 N–H and O–H groups in total.